The van der Waals surface area contributed by atoms with E-state index < -0.39 is 6.10 Å². The largest absolute Gasteiger partial charge is 0.481 e. The highest BCUT2D eigenvalue weighted by Gasteiger charge is 2.26. The Morgan fingerprint density at radius 2 is 1.84 bits per heavy atom. The van der Waals surface area contributed by atoms with E-state index in [2.05, 4.69) is 38.2 Å². The molecule has 0 aromatic heterocycles. The van der Waals surface area contributed by atoms with Crippen molar-refractivity contribution in [1.82, 2.24) is 5.32 Å². The fraction of sp³-hybridized carbons (Fsp3) is 0.562. The van der Waals surface area contributed by atoms with Gasteiger partial charge >= 0.3 is 0 Å². The molecule has 3 nitrogen and oxygen atoms in total. The third kappa shape index (κ3) is 3.98. The van der Waals surface area contributed by atoms with Gasteiger partial charge in [0.1, 0.15) is 5.75 Å². The lowest BCUT2D eigenvalue weighted by atomic mass is 9.87. The standard InChI is InChI=1S/C16H23NO2/c1-11(15(18)17-13-7-8-13)19-14-9-5-12(6-10-14)16(2,3)4/h5-6,9-11,13H,7-8H2,1-4H3,(H,17,18)/t11-/m1/s1. The molecule has 1 aliphatic carbocycles. The summed E-state index contributed by atoms with van der Waals surface area (Å²) in [4.78, 5) is 11.8. The van der Waals surface area contributed by atoms with Crippen LogP contribution in [0.2, 0.25) is 0 Å². The van der Waals surface area contributed by atoms with Crippen LogP contribution in [0.25, 0.3) is 0 Å². The van der Waals surface area contributed by atoms with Gasteiger partial charge in [0.2, 0.25) is 0 Å². The van der Waals surface area contributed by atoms with E-state index >= 15 is 0 Å². The maximum absolute atomic E-state index is 11.8. The molecule has 0 unspecified atom stereocenters. The molecule has 1 atom stereocenters. The second-order valence-corrected chi connectivity index (χ2v) is 6.32. The molecule has 0 aliphatic heterocycles. The Labute approximate surface area is 115 Å². The van der Waals surface area contributed by atoms with E-state index in [-0.39, 0.29) is 11.3 Å². The van der Waals surface area contributed by atoms with Crippen LogP contribution in [0.15, 0.2) is 24.3 Å². The Morgan fingerprint density at radius 3 is 2.32 bits per heavy atom. The summed E-state index contributed by atoms with van der Waals surface area (Å²) in [6, 6.07) is 8.35. The predicted octanol–water partition coefficient (Wildman–Crippen LogP) is 3.03. The molecule has 1 aromatic rings. The number of carbonyl (C=O) groups excluding carboxylic acids is 1. The highest BCUT2D eigenvalue weighted by Crippen LogP contribution is 2.25. The summed E-state index contributed by atoms with van der Waals surface area (Å²) in [7, 11) is 0. The van der Waals surface area contributed by atoms with Gasteiger partial charge in [-0.3, -0.25) is 4.79 Å². The number of hydrogen-bond donors (Lipinski definition) is 1. The lowest BCUT2D eigenvalue weighted by molar-refractivity contribution is -0.127. The number of amides is 1. The lowest BCUT2D eigenvalue weighted by Gasteiger charge is -2.20. The molecular formula is C16H23NO2. The number of hydrogen-bond acceptors (Lipinski definition) is 2. The van der Waals surface area contributed by atoms with Crippen LogP contribution in [-0.2, 0) is 10.2 Å². The number of benzene rings is 1. The van der Waals surface area contributed by atoms with Crippen molar-refractivity contribution in [3.05, 3.63) is 29.8 Å². The fourth-order valence-electron chi connectivity index (χ4n) is 1.84. The Kier molecular flexibility index (Phi) is 3.83. The van der Waals surface area contributed by atoms with Gasteiger partial charge in [-0.2, -0.15) is 0 Å². The Hall–Kier alpha value is -1.51. The first-order valence-corrected chi connectivity index (χ1v) is 6.94. The maximum atomic E-state index is 11.8. The van der Waals surface area contributed by atoms with Crippen LogP contribution in [0, 0.1) is 0 Å². The number of carbonyl (C=O) groups is 1. The van der Waals surface area contributed by atoms with Crippen molar-refractivity contribution in [2.75, 3.05) is 0 Å². The van der Waals surface area contributed by atoms with Crippen molar-refractivity contribution >= 4 is 5.91 Å². The molecule has 19 heavy (non-hydrogen) atoms. The van der Waals surface area contributed by atoms with Gasteiger partial charge in [0.25, 0.3) is 5.91 Å². The highest BCUT2D eigenvalue weighted by atomic mass is 16.5. The van der Waals surface area contributed by atoms with E-state index in [1.807, 2.05) is 12.1 Å². The molecule has 1 amide bonds. The molecule has 0 spiro atoms. The zero-order valence-corrected chi connectivity index (χ0v) is 12.2. The van der Waals surface area contributed by atoms with Gasteiger partial charge in [-0.15, -0.1) is 0 Å². The monoisotopic (exact) mass is 261 g/mol. The predicted molar refractivity (Wildman–Crippen MR) is 76.4 cm³/mol. The van der Waals surface area contributed by atoms with Gasteiger partial charge in [-0.1, -0.05) is 32.9 Å². The van der Waals surface area contributed by atoms with Crippen molar-refractivity contribution in [3.8, 4) is 5.75 Å². The van der Waals surface area contributed by atoms with Gasteiger partial charge in [0, 0.05) is 6.04 Å². The maximum Gasteiger partial charge on any atom is 0.260 e. The van der Waals surface area contributed by atoms with E-state index in [0.29, 0.717) is 6.04 Å². The number of rotatable bonds is 4. The van der Waals surface area contributed by atoms with Crippen molar-refractivity contribution < 1.29 is 9.53 Å². The van der Waals surface area contributed by atoms with E-state index in [9.17, 15) is 4.79 Å². The highest BCUT2D eigenvalue weighted by molar-refractivity contribution is 5.81. The van der Waals surface area contributed by atoms with Crippen molar-refractivity contribution in [2.24, 2.45) is 0 Å². The van der Waals surface area contributed by atoms with Gasteiger partial charge in [-0.25, -0.2) is 0 Å². The van der Waals surface area contributed by atoms with Crippen LogP contribution in [0.5, 0.6) is 5.75 Å². The average molecular weight is 261 g/mol. The molecule has 0 saturated heterocycles. The van der Waals surface area contributed by atoms with E-state index in [4.69, 9.17) is 4.74 Å². The summed E-state index contributed by atoms with van der Waals surface area (Å²) < 4.78 is 5.66. The molecule has 0 bridgehead atoms. The summed E-state index contributed by atoms with van der Waals surface area (Å²) in [5.74, 6) is 0.717. The minimum atomic E-state index is -0.443. The van der Waals surface area contributed by atoms with Gasteiger partial charge in [0.05, 0.1) is 0 Å². The fourth-order valence-corrected chi connectivity index (χ4v) is 1.84. The summed E-state index contributed by atoms with van der Waals surface area (Å²) >= 11 is 0. The van der Waals surface area contributed by atoms with Gasteiger partial charge in [0.15, 0.2) is 6.10 Å². The van der Waals surface area contributed by atoms with Crippen molar-refractivity contribution in [2.45, 2.75) is 58.1 Å². The summed E-state index contributed by atoms with van der Waals surface area (Å²) in [6.07, 6.45) is 1.75. The minimum Gasteiger partial charge on any atom is -0.481 e. The quantitative estimate of drug-likeness (QED) is 0.904. The van der Waals surface area contributed by atoms with Crippen LogP contribution in [0.3, 0.4) is 0 Å². The lowest BCUT2D eigenvalue weighted by Crippen LogP contribution is -2.37. The molecule has 0 heterocycles. The first-order chi connectivity index (χ1) is 8.86. The second kappa shape index (κ2) is 5.24. The van der Waals surface area contributed by atoms with Crippen molar-refractivity contribution in [1.29, 1.82) is 0 Å². The van der Waals surface area contributed by atoms with E-state index in [1.54, 1.807) is 6.92 Å². The van der Waals surface area contributed by atoms with Crippen LogP contribution in [0.1, 0.15) is 46.1 Å². The first kappa shape index (κ1) is 13.9. The summed E-state index contributed by atoms with van der Waals surface area (Å²) in [5, 5.41) is 2.95. The van der Waals surface area contributed by atoms with Gasteiger partial charge < -0.3 is 10.1 Å². The van der Waals surface area contributed by atoms with Crippen LogP contribution in [0.4, 0.5) is 0 Å². The molecule has 1 aliphatic rings. The zero-order valence-electron chi connectivity index (χ0n) is 12.2. The molecule has 3 heteroatoms. The molecule has 0 radical (unpaired) electrons. The third-order valence-corrected chi connectivity index (χ3v) is 3.33. The minimum absolute atomic E-state index is 0.0256. The van der Waals surface area contributed by atoms with E-state index in [0.717, 1.165) is 18.6 Å². The molecule has 2 rings (SSSR count). The van der Waals surface area contributed by atoms with Crippen LogP contribution >= 0.6 is 0 Å². The smallest absolute Gasteiger partial charge is 0.260 e. The second-order valence-electron chi connectivity index (χ2n) is 6.32. The summed E-state index contributed by atoms with van der Waals surface area (Å²) in [6.45, 7) is 8.31. The molecular weight excluding hydrogens is 238 g/mol. The molecule has 104 valence electrons. The molecule has 1 fully saturated rings. The molecule has 1 saturated carbocycles. The molecule has 1 aromatic carbocycles. The number of ether oxygens (including phenoxy) is 1. The van der Waals surface area contributed by atoms with Gasteiger partial charge in [-0.05, 0) is 42.9 Å². The molecule has 1 N–H and O–H groups in total. The van der Waals surface area contributed by atoms with E-state index in [1.165, 1.54) is 5.56 Å². The van der Waals surface area contributed by atoms with Crippen molar-refractivity contribution in [3.63, 3.8) is 0 Å². The summed E-state index contributed by atoms with van der Waals surface area (Å²) in [5.41, 5.74) is 1.39. The zero-order chi connectivity index (χ0) is 14.0. The Bertz CT molecular complexity index is 441. The number of nitrogens with one attached hydrogen (secondary N) is 1. The SMILES string of the molecule is C[C@@H](Oc1ccc(C(C)(C)C)cc1)C(=O)NC1CC1. The van der Waals surface area contributed by atoms with Crippen LogP contribution < -0.4 is 10.1 Å². The third-order valence-electron chi connectivity index (χ3n) is 3.33. The Balaban J connectivity index is 1.93. The Morgan fingerprint density at radius 1 is 1.26 bits per heavy atom. The first-order valence-electron chi connectivity index (χ1n) is 6.94. The topological polar surface area (TPSA) is 38.3 Å². The van der Waals surface area contributed by atoms with Crippen LogP contribution in [-0.4, -0.2) is 18.1 Å². The average Bonchev–Trinajstić information content (AvgIpc) is 3.12. The normalized spacial score (nSPS) is 16.8.